The summed E-state index contributed by atoms with van der Waals surface area (Å²) >= 11 is 0. The van der Waals surface area contributed by atoms with E-state index in [1.807, 2.05) is 6.92 Å². The highest BCUT2D eigenvalue weighted by Gasteiger charge is 2.00. The maximum atomic E-state index is 5.62. The lowest BCUT2D eigenvalue weighted by atomic mass is 10.3. The first-order valence-electron chi connectivity index (χ1n) is 6.21. The summed E-state index contributed by atoms with van der Waals surface area (Å²) in [6.45, 7) is 10.8. The van der Waals surface area contributed by atoms with E-state index < -0.39 is 0 Å². The third kappa shape index (κ3) is 11.8. The van der Waals surface area contributed by atoms with Crippen LogP contribution in [0.2, 0.25) is 0 Å². The van der Waals surface area contributed by atoms with Crippen molar-refractivity contribution in [1.29, 1.82) is 0 Å². The van der Waals surface area contributed by atoms with E-state index >= 15 is 0 Å². The van der Waals surface area contributed by atoms with E-state index in [-0.39, 0.29) is 0 Å². The zero-order chi connectivity index (χ0) is 11.4. The Balaban J connectivity index is 3.06. The van der Waals surface area contributed by atoms with E-state index in [0.717, 1.165) is 45.8 Å². The van der Waals surface area contributed by atoms with Crippen molar-refractivity contribution < 1.29 is 9.47 Å². The molecule has 0 aliphatic heterocycles. The SMILES string of the molecule is CCCCOC(C)CNCCCOCC. The largest absolute Gasteiger partial charge is 0.382 e. The van der Waals surface area contributed by atoms with Crippen LogP contribution >= 0.6 is 0 Å². The molecule has 1 atom stereocenters. The van der Waals surface area contributed by atoms with Gasteiger partial charge in [-0.15, -0.1) is 0 Å². The number of rotatable bonds is 11. The monoisotopic (exact) mass is 217 g/mol. The first-order valence-corrected chi connectivity index (χ1v) is 6.21. The zero-order valence-electron chi connectivity index (χ0n) is 10.6. The second kappa shape index (κ2) is 12.0. The standard InChI is InChI=1S/C12H27NO2/c1-4-6-10-15-12(3)11-13-8-7-9-14-5-2/h12-13H,4-11H2,1-3H3. The molecule has 0 aromatic rings. The van der Waals surface area contributed by atoms with Gasteiger partial charge in [-0.25, -0.2) is 0 Å². The first-order chi connectivity index (χ1) is 7.31. The Morgan fingerprint density at radius 2 is 1.93 bits per heavy atom. The van der Waals surface area contributed by atoms with E-state index in [2.05, 4.69) is 19.2 Å². The predicted octanol–water partition coefficient (Wildman–Crippen LogP) is 2.21. The summed E-state index contributed by atoms with van der Waals surface area (Å²) in [6.07, 6.45) is 3.77. The second-order valence-electron chi connectivity index (χ2n) is 3.79. The smallest absolute Gasteiger partial charge is 0.0671 e. The molecular weight excluding hydrogens is 190 g/mol. The summed E-state index contributed by atoms with van der Waals surface area (Å²) in [5.41, 5.74) is 0. The van der Waals surface area contributed by atoms with Gasteiger partial charge in [0.1, 0.15) is 0 Å². The Hall–Kier alpha value is -0.120. The predicted molar refractivity (Wildman–Crippen MR) is 64.3 cm³/mol. The van der Waals surface area contributed by atoms with Gasteiger partial charge in [0.2, 0.25) is 0 Å². The van der Waals surface area contributed by atoms with Crippen molar-refractivity contribution in [3.05, 3.63) is 0 Å². The van der Waals surface area contributed by atoms with Gasteiger partial charge in [-0.1, -0.05) is 13.3 Å². The maximum absolute atomic E-state index is 5.62. The average molecular weight is 217 g/mol. The second-order valence-corrected chi connectivity index (χ2v) is 3.79. The summed E-state index contributed by atoms with van der Waals surface area (Å²) in [7, 11) is 0. The van der Waals surface area contributed by atoms with Crippen molar-refractivity contribution in [2.75, 3.05) is 32.9 Å². The third-order valence-electron chi connectivity index (χ3n) is 2.18. The molecule has 1 N–H and O–H groups in total. The summed E-state index contributed by atoms with van der Waals surface area (Å²) in [4.78, 5) is 0. The van der Waals surface area contributed by atoms with E-state index in [0.29, 0.717) is 6.10 Å². The zero-order valence-corrected chi connectivity index (χ0v) is 10.6. The van der Waals surface area contributed by atoms with Crippen molar-refractivity contribution in [3.63, 3.8) is 0 Å². The Morgan fingerprint density at radius 3 is 2.60 bits per heavy atom. The minimum atomic E-state index is 0.323. The molecule has 0 saturated heterocycles. The summed E-state index contributed by atoms with van der Waals surface area (Å²) in [5.74, 6) is 0. The van der Waals surface area contributed by atoms with E-state index in [1.54, 1.807) is 0 Å². The van der Waals surface area contributed by atoms with Crippen LogP contribution in [0.15, 0.2) is 0 Å². The van der Waals surface area contributed by atoms with Crippen molar-refractivity contribution in [2.24, 2.45) is 0 Å². The van der Waals surface area contributed by atoms with Crippen molar-refractivity contribution in [2.45, 2.75) is 46.1 Å². The van der Waals surface area contributed by atoms with Gasteiger partial charge in [-0.3, -0.25) is 0 Å². The molecule has 0 heterocycles. The van der Waals surface area contributed by atoms with Crippen LogP contribution < -0.4 is 5.32 Å². The van der Waals surface area contributed by atoms with Gasteiger partial charge >= 0.3 is 0 Å². The van der Waals surface area contributed by atoms with Crippen LogP contribution in [0.3, 0.4) is 0 Å². The van der Waals surface area contributed by atoms with Crippen LogP contribution in [0, 0.1) is 0 Å². The summed E-state index contributed by atoms with van der Waals surface area (Å²) in [5, 5.41) is 3.37. The van der Waals surface area contributed by atoms with Gasteiger partial charge in [0, 0.05) is 26.4 Å². The molecule has 0 spiro atoms. The lowest BCUT2D eigenvalue weighted by molar-refractivity contribution is 0.0633. The molecule has 0 bridgehead atoms. The topological polar surface area (TPSA) is 30.5 Å². The molecule has 1 unspecified atom stereocenters. The highest BCUT2D eigenvalue weighted by molar-refractivity contribution is 4.55. The third-order valence-corrected chi connectivity index (χ3v) is 2.18. The summed E-state index contributed by atoms with van der Waals surface area (Å²) in [6, 6.07) is 0. The molecule has 3 nitrogen and oxygen atoms in total. The fourth-order valence-corrected chi connectivity index (χ4v) is 1.24. The van der Waals surface area contributed by atoms with Crippen LogP contribution in [0.4, 0.5) is 0 Å². The molecule has 3 heteroatoms. The maximum Gasteiger partial charge on any atom is 0.0671 e. The lowest BCUT2D eigenvalue weighted by Crippen LogP contribution is -2.28. The molecule has 0 aromatic carbocycles. The molecule has 0 rings (SSSR count). The Bertz CT molecular complexity index is 120. The fourth-order valence-electron chi connectivity index (χ4n) is 1.24. The quantitative estimate of drug-likeness (QED) is 0.538. The molecule has 0 aromatic heterocycles. The van der Waals surface area contributed by atoms with Crippen molar-refractivity contribution in [1.82, 2.24) is 5.32 Å². The van der Waals surface area contributed by atoms with Gasteiger partial charge in [0.15, 0.2) is 0 Å². The van der Waals surface area contributed by atoms with Crippen LogP contribution in [-0.2, 0) is 9.47 Å². The number of unbranched alkanes of at least 4 members (excludes halogenated alkanes) is 1. The highest BCUT2D eigenvalue weighted by atomic mass is 16.5. The van der Waals surface area contributed by atoms with Crippen molar-refractivity contribution >= 4 is 0 Å². The normalized spacial score (nSPS) is 13.0. The highest BCUT2D eigenvalue weighted by Crippen LogP contribution is 1.93. The molecule has 0 aliphatic carbocycles. The number of hydrogen-bond donors (Lipinski definition) is 1. The van der Waals surface area contributed by atoms with Crippen molar-refractivity contribution in [3.8, 4) is 0 Å². The molecule has 15 heavy (non-hydrogen) atoms. The first kappa shape index (κ1) is 14.9. The number of ether oxygens (including phenoxy) is 2. The molecule has 0 fully saturated rings. The van der Waals surface area contributed by atoms with Gasteiger partial charge in [0.25, 0.3) is 0 Å². The molecular formula is C12H27NO2. The Labute approximate surface area is 94.5 Å². The average Bonchev–Trinajstić information content (AvgIpc) is 2.23. The lowest BCUT2D eigenvalue weighted by Gasteiger charge is -2.13. The molecule has 0 saturated carbocycles. The minimum Gasteiger partial charge on any atom is -0.382 e. The Kier molecular flexibility index (Phi) is 11.9. The van der Waals surface area contributed by atoms with E-state index in [9.17, 15) is 0 Å². The van der Waals surface area contributed by atoms with Gasteiger partial charge in [-0.2, -0.15) is 0 Å². The van der Waals surface area contributed by atoms with E-state index in [4.69, 9.17) is 9.47 Å². The molecule has 92 valence electrons. The van der Waals surface area contributed by atoms with Crippen LogP contribution in [0.1, 0.15) is 40.0 Å². The van der Waals surface area contributed by atoms with Crippen LogP contribution in [0.25, 0.3) is 0 Å². The van der Waals surface area contributed by atoms with Gasteiger partial charge in [-0.05, 0) is 33.2 Å². The van der Waals surface area contributed by atoms with Gasteiger partial charge < -0.3 is 14.8 Å². The van der Waals surface area contributed by atoms with Crippen LogP contribution in [-0.4, -0.2) is 39.0 Å². The summed E-state index contributed by atoms with van der Waals surface area (Å²) < 4.78 is 10.9. The molecule has 0 amide bonds. The van der Waals surface area contributed by atoms with Gasteiger partial charge in [0.05, 0.1) is 6.10 Å². The van der Waals surface area contributed by atoms with Crippen LogP contribution in [0.5, 0.6) is 0 Å². The molecule has 0 radical (unpaired) electrons. The Morgan fingerprint density at radius 1 is 1.13 bits per heavy atom. The number of nitrogens with one attached hydrogen (secondary N) is 1. The van der Waals surface area contributed by atoms with E-state index in [1.165, 1.54) is 6.42 Å². The minimum absolute atomic E-state index is 0.323. The molecule has 0 aliphatic rings. The fraction of sp³-hybridized carbons (Fsp3) is 1.00. The number of hydrogen-bond acceptors (Lipinski definition) is 3.